The molecule has 0 aliphatic heterocycles. The van der Waals surface area contributed by atoms with Crippen LogP contribution in [0.25, 0.3) is 0 Å². The monoisotopic (exact) mass is 199 g/mol. The minimum absolute atomic E-state index is 0.179. The van der Waals surface area contributed by atoms with Crippen LogP contribution in [0, 0.1) is 5.92 Å². The van der Waals surface area contributed by atoms with Crippen molar-refractivity contribution >= 4 is 5.96 Å². The lowest BCUT2D eigenvalue weighted by molar-refractivity contribution is 0.0745. The van der Waals surface area contributed by atoms with Crippen LogP contribution < -0.4 is 11.1 Å². The second-order valence-corrected chi connectivity index (χ2v) is 3.87. The lowest BCUT2D eigenvalue weighted by atomic mass is 9.87. The minimum atomic E-state index is -0.179. The summed E-state index contributed by atoms with van der Waals surface area (Å²) in [6.45, 7) is 3.43. The van der Waals surface area contributed by atoms with Gasteiger partial charge >= 0.3 is 0 Å². The van der Waals surface area contributed by atoms with Crippen LogP contribution >= 0.6 is 0 Å². The normalized spacial score (nSPS) is 28.9. The van der Waals surface area contributed by atoms with Crippen LogP contribution in [0.15, 0.2) is 4.99 Å². The molecular formula is C10H21N3O. The molecule has 2 unspecified atom stereocenters. The summed E-state index contributed by atoms with van der Waals surface area (Å²) in [5.41, 5.74) is 5.60. The van der Waals surface area contributed by atoms with Gasteiger partial charge < -0.3 is 16.2 Å². The minimum Gasteiger partial charge on any atom is -0.393 e. The van der Waals surface area contributed by atoms with Gasteiger partial charge in [0.15, 0.2) is 5.96 Å². The maximum atomic E-state index is 9.68. The van der Waals surface area contributed by atoms with Gasteiger partial charge in [-0.15, -0.1) is 0 Å². The molecule has 0 radical (unpaired) electrons. The molecule has 14 heavy (non-hydrogen) atoms. The van der Waals surface area contributed by atoms with Gasteiger partial charge in [-0.05, 0) is 19.8 Å². The van der Waals surface area contributed by atoms with Crippen LogP contribution in [0.2, 0.25) is 0 Å². The summed E-state index contributed by atoms with van der Waals surface area (Å²) >= 11 is 0. The van der Waals surface area contributed by atoms with Gasteiger partial charge in [0, 0.05) is 19.0 Å². The van der Waals surface area contributed by atoms with Crippen molar-refractivity contribution in [2.75, 3.05) is 13.1 Å². The largest absolute Gasteiger partial charge is 0.393 e. The van der Waals surface area contributed by atoms with Crippen molar-refractivity contribution in [3.63, 3.8) is 0 Å². The van der Waals surface area contributed by atoms with E-state index in [2.05, 4.69) is 10.3 Å². The fraction of sp³-hybridized carbons (Fsp3) is 0.900. The number of guanidine groups is 1. The molecular weight excluding hydrogens is 178 g/mol. The Morgan fingerprint density at radius 3 is 2.86 bits per heavy atom. The molecule has 0 aromatic heterocycles. The Hall–Kier alpha value is -0.770. The number of nitrogens with two attached hydrogens (primary N) is 1. The summed E-state index contributed by atoms with van der Waals surface area (Å²) < 4.78 is 0. The van der Waals surface area contributed by atoms with Gasteiger partial charge in [0.25, 0.3) is 0 Å². The van der Waals surface area contributed by atoms with E-state index >= 15 is 0 Å². The number of aliphatic hydroxyl groups is 1. The Balaban J connectivity index is 2.31. The lowest BCUT2D eigenvalue weighted by Gasteiger charge is -2.26. The second kappa shape index (κ2) is 5.86. The highest BCUT2D eigenvalue weighted by molar-refractivity contribution is 5.77. The molecule has 0 amide bonds. The molecule has 1 rings (SSSR count). The zero-order valence-corrected chi connectivity index (χ0v) is 8.87. The maximum Gasteiger partial charge on any atom is 0.188 e. The van der Waals surface area contributed by atoms with Crippen molar-refractivity contribution in [3.8, 4) is 0 Å². The van der Waals surface area contributed by atoms with E-state index < -0.39 is 0 Å². The molecule has 0 aromatic rings. The van der Waals surface area contributed by atoms with Crippen molar-refractivity contribution in [2.45, 2.75) is 38.7 Å². The average molecular weight is 199 g/mol. The average Bonchev–Trinajstić information content (AvgIpc) is 2.17. The summed E-state index contributed by atoms with van der Waals surface area (Å²) in [6, 6.07) is 0. The molecule has 0 aromatic carbocycles. The smallest absolute Gasteiger partial charge is 0.188 e. The highest BCUT2D eigenvalue weighted by atomic mass is 16.3. The van der Waals surface area contributed by atoms with Gasteiger partial charge in [0.1, 0.15) is 0 Å². The number of hydrogen-bond acceptors (Lipinski definition) is 2. The Kier molecular flexibility index (Phi) is 4.73. The number of nitrogens with one attached hydrogen (secondary N) is 1. The standard InChI is InChI=1S/C10H21N3O/c1-2-12-10(11)13-7-8-5-3-4-6-9(8)14/h8-9,14H,2-7H2,1H3,(H3,11,12,13). The number of aliphatic hydroxyl groups excluding tert-OH is 1. The molecule has 4 nitrogen and oxygen atoms in total. The zero-order chi connectivity index (χ0) is 10.4. The van der Waals surface area contributed by atoms with Crippen LogP contribution in [-0.2, 0) is 0 Å². The molecule has 1 aliphatic rings. The predicted octanol–water partition coefficient (Wildman–Crippen LogP) is 0.462. The summed E-state index contributed by atoms with van der Waals surface area (Å²) in [5.74, 6) is 0.797. The van der Waals surface area contributed by atoms with Gasteiger partial charge in [-0.1, -0.05) is 12.8 Å². The molecule has 1 fully saturated rings. The van der Waals surface area contributed by atoms with E-state index in [0.29, 0.717) is 18.4 Å². The SMILES string of the molecule is CCNC(N)=NCC1CCCCC1O. The van der Waals surface area contributed by atoms with E-state index in [1.54, 1.807) is 0 Å². The van der Waals surface area contributed by atoms with Gasteiger partial charge in [0.05, 0.1) is 6.10 Å². The van der Waals surface area contributed by atoms with Crippen LogP contribution in [0.4, 0.5) is 0 Å². The molecule has 4 heteroatoms. The summed E-state index contributed by atoms with van der Waals surface area (Å²) in [6.07, 6.45) is 4.16. The van der Waals surface area contributed by atoms with Crippen molar-refractivity contribution in [3.05, 3.63) is 0 Å². The fourth-order valence-electron chi connectivity index (χ4n) is 1.85. The van der Waals surface area contributed by atoms with E-state index in [4.69, 9.17) is 5.73 Å². The number of rotatable bonds is 3. The van der Waals surface area contributed by atoms with Crippen LogP contribution in [0.1, 0.15) is 32.6 Å². The first-order chi connectivity index (χ1) is 6.74. The highest BCUT2D eigenvalue weighted by Crippen LogP contribution is 2.24. The molecule has 0 heterocycles. The number of hydrogen-bond donors (Lipinski definition) is 3. The van der Waals surface area contributed by atoms with Crippen molar-refractivity contribution in [1.82, 2.24) is 5.32 Å². The second-order valence-electron chi connectivity index (χ2n) is 3.87. The first-order valence-electron chi connectivity index (χ1n) is 5.46. The van der Waals surface area contributed by atoms with Crippen LogP contribution in [-0.4, -0.2) is 30.3 Å². The molecule has 0 bridgehead atoms. The third-order valence-corrected chi connectivity index (χ3v) is 2.72. The van der Waals surface area contributed by atoms with Gasteiger partial charge in [-0.3, -0.25) is 4.99 Å². The third kappa shape index (κ3) is 3.54. The molecule has 1 aliphatic carbocycles. The maximum absolute atomic E-state index is 9.68. The Morgan fingerprint density at radius 1 is 1.50 bits per heavy atom. The number of nitrogens with zero attached hydrogens (tertiary/aromatic N) is 1. The first kappa shape index (κ1) is 11.3. The van der Waals surface area contributed by atoms with Crippen molar-refractivity contribution in [2.24, 2.45) is 16.6 Å². The molecule has 0 spiro atoms. The van der Waals surface area contributed by atoms with Crippen LogP contribution in [0.3, 0.4) is 0 Å². The van der Waals surface area contributed by atoms with E-state index in [1.807, 2.05) is 6.92 Å². The fourth-order valence-corrected chi connectivity index (χ4v) is 1.85. The zero-order valence-electron chi connectivity index (χ0n) is 8.87. The summed E-state index contributed by atoms with van der Waals surface area (Å²) in [7, 11) is 0. The lowest BCUT2D eigenvalue weighted by Crippen LogP contribution is -2.33. The van der Waals surface area contributed by atoms with Crippen molar-refractivity contribution < 1.29 is 5.11 Å². The van der Waals surface area contributed by atoms with E-state index in [-0.39, 0.29) is 6.10 Å². The summed E-state index contributed by atoms with van der Waals surface area (Å²) in [5, 5.41) is 12.6. The third-order valence-electron chi connectivity index (χ3n) is 2.72. The van der Waals surface area contributed by atoms with Gasteiger partial charge in [-0.25, -0.2) is 0 Å². The number of aliphatic imine (C=N–C) groups is 1. The Bertz CT molecular complexity index is 194. The Labute approximate surface area is 85.6 Å². The predicted molar refractivity (Wildman–Crippen MR) is 58.1 cm³/mol. The van der Waals surface area contributed by atoms with E-state index in [0.717, 1.165) is 25.8 Å². The molecule has 82 valence electrons. The molecule has 4 N–H and O–H groups in total. The topological polar surface area (TPSA) is 70.6 Å². The molecule has 0 saturated heterocycles. The van der Waals surface area contributed by atoms with E-state index in [9.17, 15) is 5.11 Å². The van der Waals surface area contributed by atoms with E-state index in [1.165, 1.54) is 6.42 Å². The Morgan fingerprint density at radius 2 is 2.21 bits per heavy atom. The van der Waals surface area contributed by atoms with Gasteiger partial charge in [0.2, 0.25) is 0 Å². The summed E-state index contributed by atoms with van der Waals surface area (Å²) in [4.78, 5) is 4.21. The van der Waals surface area contributed by atoms with Crippen LogP contribution in [0.5, 0.6) is 0 Å². The molecule has 1 saturated carbocycles. The van der Waals surface area contributed by atoms with Crippen molar-refractivity contribution in [1.29, 1.82) is 0 Å². The van der Waals surface area contributed by atoms with Gasteiger partial charge in [-0.2, -0.15) is 0 Å². The quantitative estimate of drug-likeness (QED) is 0.457. The highest BCUT2D eigenvalue weighted by Gasteiger charge is 2.22. The first-order valence-corrected chi connectivity index (χ1v) is 5.46. The molecule has 2 atom stereocenters.